The third kappa shape index (κ3) is 4.28. The number of nitrogens with zero attached hydrogens (tertiary/aromatic N) is 3. The van der Waals surface area contributed by atoms with Crippen molar-refractivity contribution in [1.82, 2.24) is 15.1 Å². The summed E-state index contributed by atoms with van der Waals surface area (Å²) in [6.07, 6.45) is 0. The van der Waals surface area contributed by atoms with E-state index in [1.54, 1.807) is 23.1 Å². The van der Waals surface area contributed by atoms with Crippen molar-refractivity contribution in [3.63, 3.8) is 0 Å². The first-order valence-corrected chi connectivity index (χ1v) is 12.3. The number of benzene rings is 3. The summed E-state index contributed by atoms with van der Waals surface area (Å²) >= 11 is 19.7. The average molecular weight is 516 g/mol. The van der Waals surface area contributed by atoms with Crippen molar-refractivity contribution in [2.75, 3.05) is 32.1 Å². The Hall–Kier alpha value is -2.28. The molecule has 3 aromatic carbocycles. The number of nitrogens with one attached hydrogen (secondary N) is 1. The van der Waals surface area contributed by atoms with Crippen molar-refractivity contribution in [3.05, 3.63) is 80.8 Å². The third-order valence-corrected chi connectivity index (χ3v) is 7.49. The molecule has 0 atom stereocenters. The monoisotopic (exact) mass is 514 g/mol. The maximum absolute atomic E-state index is 13.2. The molecule has 0 aliphatic carbocycles. The Labute approximate surface area is 214 Å². The standard InChI is InChI=1S/C26H25Cl3N4O/c1-31(2)17-14-32(15-17)13-16-10-19(18-6-3-4-7-21(18)27)20-12-30-26(34)33(24(20)11-16)25-22(28)8-5-9-23(25)29/h3-11,17H,12-15H2,1-2H3,(H,30,34). The van der Waals surface area contributed by atoms with Crippen molar-refractivity contribution < 1.29 is 4.79 Å². The number of anilines is 2. The van der Waals surface area contributed by atoms with E-state index in [1.807, 2.05) is 24.3 Å². The first-order chi connectivity index (χ1) is 16.3. The fourth-order valence-electron chi connectivity index (χ4n) is 4.65. The van der Waals surface area contributed by atoms with Gasteiger partial charge in [-0.15, -0.1) is 0 Å². The maximum Gasteiger partial charge on any atom is 0.326 e. The quantitative estimate of drug-likeness (QED) is 0.426. The molecule has 0 bridgehead atoms. The highest BCUT2D eigenvalue weighted by Crippen LogP contribution is 2.44. The molecule has 0 spiro atoms. The van der Waals surface area contributed by atoms with Gasteiger partial charge in [0.25, 0.3) is 0 Å². The molecule has 2 aliphatic rings. The van der Waals surface area contributed by atoms with Gasteiger partial charge in [-0.25, -0.2) is 4.79 Å². The van der Waals surface area contributed by atoms with Gasteiger partial charge in [0.15, 0.2) is 0 Å². The second-order valence-corrected chi connectivity index (χ2v) is 10.2. The van der Waals surface area contributed by atoms with Gasteiger partial charge in [0.2, 0.25) is 0 Å². The van der Waals surface area contributed by atoms with Gasteiger partial charge in [0.1, 0.15) is 0 Å². The van der Waals surface area contributed by atoms with Crippen LogP contribution in [0.2, 0.25) is 15.1 Å². The zero-order valence-corrected chi connectivity index (χ0v) is 21.3. The van der Waals surface area contributed by atoms with E-state index < -0.39 is 0 Å². The van der Waals surface area contributed by atoms with Gasteiger partial charge in [-0.3, -0.25) is 9.80 Å². The lowest BCUT2D eigenvalue weighted by Crippen LogP contribution is -2.56. The highest BCUT2D eigenvalue weighted by molar-refractivity contribution is 6.40. The van der Waals surface area contributed by atoms with Crippen molar-refractivity contribution in [2.45, 2.75) is 19.1 Å². The number of carbonyl (C=O) groups is 1. The Morgan fingerprint density at radius 3 is 2.29 bits per heavy atom. The third-order valence-electron chi connectivity index (χ3n) is 6.55. The van der Waals surface area contributed by atoms with E-state index in [-0.39, 0.29) is 6.03 Å². The van der Waals surface area contributed by atoms with Crippen LogP contribution in [0.5, 0.6) is 0 Å². The van der Waals surface area contributed by atoms with Gasteiger partial charge in [-0.05, 0) is 55.6 Å². The van der Waals surface area contributed by atoms with Gasteiger partial charge in [-0.2, -0.15) is 0 Å². The summed E-state index contributed by atoms with van der Waals surface area (Å²) in [6, 6.07) is 17.6. The number of hydrogen-bond acceptors (Lipinski definition) is 3. The number of amides is 2. The topological polar surface area (TPSA) is 38.8 Å². The lowest BCUT2D eigenvalue weighted by atomic mass is 9.93. The fraction of sp³-hybridized carbons (Fsp3) is 0.269. The van der Waals surface area contributed by atoms with E-state index >= 15 is 0 Å². The molecule has 3 aromatic rings. The van der Waals surface area contributed by atoms with Crippen molar-refractivity contribution in [1.29, 1.82) is 0 Å². The predicted molar refractivity (Wildman–Crippen MR) is 140 cm³/mol. The second kappa shape index (κ2) is 9.40. The largest absolute Gasteiger partial charge is 0.333 e. The van der Waals surface area contributed by atoms with E-state index in [1.165, 1.54) is 0 Å². The SMILES string of the molecule is CN(C)C1CN(Cc2cc(-c3ccccc3Cl)c3c(c2)N(c2c(Cl)cccc2Cl)C(=O)NC3)C1. The molecule has 1 saturated heterocycles. The summed E-state index contributed by atoms with van der Waals surface area (Å²) in [4.78, 5) is 19.4. The lowest BCUT2D eigenvalue weighted by molar-refractivity contribution is 0.0574. The summed E-state index contributed by atoms with van der Waals surface area (Å²) in [5.74, 6) is 0. The molecule has 176 valence electrons. The van der Waals surface area contributed by atoms with Crippen LogP contribution >= 0.6 is 34.8 Å². The van der Waals surface area contributed by atoms with Gasteiger partial charge >= 0.3 is 6.03 Å². The molecule has 5 rings (SSSR count). The van der Waals surface area contributed by atoms with Gasteiger partial charge < -0.3 is 10.2 Å². The Balaban J connectivity index is 1.65. The molecule has 8 heteroatoms. The van der Waals surface area contributed by atoms with E-state index in [2.05, 4.69) is 41.3 Å². The number of fused-ring (bicyclic) bond motifs is 1. The molecule has 5 nitrogen and oxygen atoms in total. The van der Waals surface area contributed by atoms with Crippen LogP contribution in [0.4, 0.5) is 16.2 Å². The van der Waals surface area contributed by atoms with E-state index in [0.29, 0.717) is 33.3 Å². The van der Waals surface area contributed by atoms with Crippen molar-refractivity contribution in [3.8, 4) is 11.1 Å². The molecular formula is C26H25Cl3N4O. The number of likely N-dealkylation sites (tertiary alicyclic amines) is 1. The number of carbonyl (C=O) groups excluding carboxylic acids is 1. The van der Waals surface area contributed by atoms with Crippen LogP contribution in [0.25, 0.3) is 11.1 Å². The zero-order chi connectivity index (χ0) is 24.0. The van der Waals surface area contributed by atoms with Crippen LogP contribution in [0, 0.1) is 0 Å². The zero-order valence-electron chi connectivity index (χ0n) is 19.0. The number of urea groups is 1. The van der Waals surface area contributed by atoms with Crippen LogP contribution in [0.15, 0.2) is 54.6 Å². The summed E-state index contributed by atoms with van der Waals surface area (Å²) in [5.41, 5.74) is 5.25. The maximum atomic E-state index is 13.2. The lowest BCUT2D eigenvalue weighted by Gasteiger charge is -2.43. The number of rotatable bonds is 5. The van der Waals surface area contributed by atoms with Gasteiger partial charge in [0, 0.05) is 48.4 Å². The number of likely N-dealkylation sites (N-methyl/N-ethyl adjacent to an activating group) is 1. The van der Waals surface area contributed by atoms with Gasteiger partial charge in [-0.1, -0.05) is 59.1 Å². The predicted octanol–water partition coefficient (Wildman–Crippen LogP) is 6.42. The summed E-state index contributed by atoms with van der Waals surface area (Å²) in [6.45, 7) is 3.18. The minimum Gasteiger partial charge on any atom is -0.333 e. The summed E-state index contributed by atoms with van der Waals surface area (Å²) in [7, 11) is 4.22. The molecule has 0 radical (unpaired) electrons. The normalized spacial score (nSPS) is 16.4. The van der Waals surface area contributed by atoms with E-state index in [9.17, 15) is 4.79 Å². The Morgan fingerprint density at radius 2 is 1.62 bits per heavy atom. The van der Waals surface area contributed by atoms with Crippen molar-refractivity contribution in [2.24, 2.45) is 0 Å². The number of halogens is 3. The summed E-state index contributed by atoms with van der Waals surface area (Å²) in [5, 5.41) is 4.47. The van der Waals surface area contributed by atoms with Crippen LogP contribution in [0.1, 0.15) is 11.1 Å². The Kier molecular flexibility index (Phi) is 6.49. The molecule has 0 aromatic heterocycles. The van der Waals surface area contributed by atoms with Crippen molar-refractivity contribution >= 4 is 52.2 Å². The van der Waals surface area contributed by atoms with Crippen LogP contribution in [-0.4, -0.2) is 49.1 Å². The van der Waals surface area contributed by atoms with Crippen LogP contribution in [-0.2, 0) is 13.1 Å². The molecule has 0 saturated carbocycles. The number of para-hydroxylation sites is 1. The molecule has 1 N–H and O–H groups in total. The minimum atomic E-state index is -0.263. The molecule has 2 heterocycles. The molecule has 2 aliphatic heterocycles. The molecule has 2 amide bonds. The minimum absolute atomic E-state index is 0.263. The first-order valence-electron chi connectivity index (χ1n) is 11.1. The smallest absolute Gasteiger partial charge is 0.326 e. The van der Waals surface area contributed by atoms with Crippen LogP contribution in [0.3, 0.4) is 0 Å². The van der Waals surface area contributed by atoms with E-state index in [4.69, 9.17) is 34.8 Å². The van der Waals surface area contributed by atoms with E-state index in [0.717, 1.165) is 47.6 Å². The molecule has 34 heavy (non-hydrogen) atoms. The number of hydrogen-bond donors (Lipinski definition) is 1. The van der Waals surface area contributed by atoms with Crippen LogP contribution < -0.4 is 10.2 Å². The average Bonchev–Trinajstić information content (AvgIpc) is 2.77. The molecule has 1 fully saturated rings. The fourth-order valence-corrected chi connectivity index (χ4v) is 5.45. The molecule has 0 unspecified atom stereocenters. The highest BCUT2D eigenvalue weighted by Gasteiger charge is 2.33. The first kappa shape index (κ1) is 23.5. The Morgan fingerprint density at radius 1 is 0.941 bits per heavy atom. The molecular weight excluding hydrogens is 491 g/mol. The van der Waals surface area contributed by atoms with Gasteiger partial charge in [0.05, 0.1) is 21.4 Å². The highest BCUT2D eigenvalue weighted by atomic mass is 35.5. The Bertz CT molecular complexity index is 1240. The second-order valence-electron chi connectivity index (χ2n) is 9.00. The summed E-state index contributed by atoms with van der Waals surface area (Å²) < 4.78 is 0.